The van der Waals surface area contributed by atoms with E-state index in [1.165, 1.54) is 12.1 Å². The molecular formula is C13H16ClN3O4. The first kappa shape index (κ1) is 16.9. The Morgan fingerprint density at radius 3 is 2.52 bits per heavy atom. The van der Waals surface area contributed by atoms with Crippen molar-refractivity contribution in [2.75, 3.05) is 13.1 Å². The number of aryl methyl sites for hydroxylation is 1. The van der Waals surface area contributed by atoms with Crippen LogP contribution in [0.1, 0.15) is 29.4 Å². The van der Waals surface area contributed by atoms with E-state index < -0.39 is 30.9 Å². The SMILES string of the molecule is CCCc1cc(C(=O)N(CC(N)=O)CC(=O)O)cc(Cl)n1. The maximum absolute atomic E-state index is 12.3. The number of halogens is 1. The van der Waals surface area contributed by atoms with E-state index in [1.54, 1.807) is 0 Å². The summed E-state index contributed by atoms with van der Waals surface area (Å²) in [5.74, 6) is -2.66. The van der Waals surface area contributed by atoms with Crippen LogP contribution in [0.25, 0.3) is 0 Å². The normalized spacial score (nSPS) is 10.2. The summed E-state index contributed by atoms with van der Waals surface area (Å²) in [6, 6.07) is 2.87. The van der Waals surface area contributed by atoms with Crippen molar-refractivity contribution in [2.45, 2.75) is 19.8 Å². The van der Waals surface area contributed by atoms with Crippen LogP contribution in [0.15, 0.2) is 12.1 Å². The van der Waals surface area contributed by atoms with E-state index in [1.807, 2.05) is 6.92 Å². The standard InChI is InChI=1S/C13H16ClN3O4/c1-2-3-9-4-8(5-10(14)16-9)13(21)17(6-11(15)18)7-12(19)20/h4-5H,2-3,6-7H2,1H3,(H2,15,18)(H,19,20). The summed E-state index contributed by atoms with van der Waals surface area (Å²) in [6.07, 6.45) is 1.46. The van der Waals surface area contributed by atoms with Crippen molar-refractivity contribution in [3.63, 3.8) is 0 Å². The van der Waals surface area contributed by atoms with Crippen molar-refractivity contribution >= 4 is 29.4 Å². The predicted molar refractivity (Wildman–Crippen MR) is 76.0 cm³/mol. The Kier molecular flexibility index (Phi) is 6.10. The lowest BCUT2D eigenvalue weighted by atomic mass is 10.1. The molecule has 0 radical (unpaired) electrons. The molecule has 1 rings (SSSR count). The van der Waals surface area contributed by atoms with Crippen LogP contribution in [0, 0.1) is 0 Å². The minimum atomic E-state index is -1.24. The quantitative estimate of drug-likeness (QED) is 0.719. The summed E-state index contributed by atoms with van der Waals surface area (Å²) < 4.78 is 0. The van der Waals surface area contributed by atoms with Gasteiger partial charge in [0.2, 0.25) is 5.91 Å². The van der Waals surface area contributed by atoms with Crippen molar-refractivity contribution < 1.29 is 19.5 Å². The molecule has 0 spiro atoms. The van der Waals surface area contributed by atoms with E-state index >= 15 is 0 Å². The van der Waals surface area contributed by atoms with Crippen LogP contribution in [-0.2, 0) is 16.0 Å². The number of hydrogen-bond acceptors (Lipinski definition) is 4. The van der Waals surface area contributed by atoms with Gasteiger partial charge in [0.15, 0.2) is 0 Å². The lowest BCUT2D eigenvalue weighted by molar-refractivity contribution is -0.138. The van der Waals surface area contributed by atoms with Crippen molar-refractivity contribution in [3.05, 3.63) is 28.5 Å². The number of carboxylic acids is 1. The Morgan fingerprint density at radius 2 is 2.00 bits per heavy atom. The molecule has 8 heteroatoms. The molecule has 1 aromatic rings. The minimum absolute atomic E-state index is 0.138. The third-order valence-electron chi connectivity index (χ3n) is 2.56. The first-order valence-corrected chi connectivity index (χ1v) is 6.67. The Morgan fingerprint density at radius 1 is 1.33 bits per heavy atom. The van der Waals surface area contributed by atoms with Gasteiger partial charge in [0, 0.05) is 11.3 Å². The highest BCUT2D eigenvalue weighted by Gasteiger charge is 2.21. The van der Waals surface area contributed by atoms with Gasteiger partial charge >= 0.3 is 5.97 Å². The largest absolute Gasteiger partial charge is 0.480 e. The van der Waals surface area contributed by atoms with Gasteiger partial charge in [-0.25, -0.2) is 4.98 Å². The van der Waals surface area contributed by atoms with Crippen molar-refractivity contribution in [2.24, 2.45) is 5.73 Å². The van der Waals surface area contributed by atoms with Crippen LogP contribution >= 0.6 is 11.6 Å². The smallest absolute Gasteiger partial charge is 0.323 e. The molecule has 0 saturated heterocycles. The van der Waals surface area contributed by atoms with Gasteiger partial charge in [-0.05, 0) is 18.6 Å². The number of carboxylic acid groups (broad SMARTS) is 1. The highest BCUT2D eigenvalue weighted by Crippen LogP contribution is 2.14. The Labute approximate surface area is 126 Å². The third kappa shape index (κ3) is 5.39. The first-order valence-electron chi connectivity index (χ1n) is 6.29. The summed E-state index contributed by atoms with van der Waals surface area (Å²) in [7, 11) is 0. The average Bonchev–Trinajstić information content (AvgIpc) is 2.35. The molecule has 0 aliphatic rings. The van der Waals surface area contributed by atoms with E-state index in [0.717, 1.165) is 11.3 Å². The molecule has 1 aromatic heterocycles. The van der Waals surface area contributed by atoms with Crippen LogP contribution < -0.4 is 5.73 Å². The highest BCUT2D eigenvalue weighted by molar-refractivity contribution is 6.29. The third-order valence-corrected chi connectivity index (χ3v) is 2.75. The zero-order valence-electron chi connectivity index (χ0n) is 11.5. The van der Waals surface area contributed by atoms with Gasteiger partial charge in [-0.1, -0.05) is 24.9 Å². The van der Waals surface area contributed by atoms with E-state index in [2.05, 4.69) is 4.98 Å². The summed E-state index contributed by atoms with van der Waals surface area (Å²) in [6.45, 7) is 0.854. The molecule has 0 aromatic carbocycles. The fraction of sp³-hybridized carbons (Fsp3) is 0.385. The zero-order valence-corrected chi connectivity index (χ0v) is 12.3. The lowest BCUT2D eigenvalue weighted by Crippen LogP contribution is -2.41. The molecule has 7 nitrogen and oxygen atoms in total. The van der Waals surface area contributed by atoms with Crippen LogP contribution in [-0.4, -0.2) is 45.9 Å². The van der Waals surface area contributed by atoms with Crippen molar-refractivity contribution in [1.29, 1.82) is 0 Å². The number of rotatable bonds is 7. The molecule has 1 heterocycles. The second-order valence-electron chi connectivity index (χ2n) is 4.44. The molecule has 0 bridgehead atoms. The molecular weight excluding hydrogens is 298 g/mol. The number of amides is 2. The van der Waals surface area contributed by atoms with Gasteiger partial charge in [-0.3, -0.25) is 14.4 Å². The van der Waals surface area contributed by atoms with Crippen molar-refractivity contribution in [3.8, 4) is 0 Å². The van der Waals surface area contributed by atoms with Gasteiger partial charge in [0.05, 0.1) is 0 Å². The molecule has 3 N–H and O–H groups in total. The monoisotopic (exact) mass is 313 g/mol. The van der Waals surface area contributed by atoms with Crippen LogP contribution in [0.2, 0.25) is 5.15 Å². The molecule has 0 unspecified atom stereocenters. The first-order chi connectivity index (χ1) is 9.83. The second kappa shape index (κ2) is 7.58. The van der Waals surface area contributed by atoms with Crippen LogP contribution in [0.3, 0.4) is 0 Å². The molecule has 114 valence electrons. The number of aliphatic carboxylic acids is 1. The van der Waals surface area contributed by atoms with Gasteiger partial charge < -0.3 is 15.7 Å². The average molecular weight is 314 g/mol. The van der Waals surface area contributed by atoms with Crippen molar-refractivity contribution in [1.82, 2.24) is 9.88 Å². The Balaban J connectivity index is 3.06. The summed E-state index contributed by atoms with van der Waals surface area (Å²) in [5, 5.41) is 8.94. The molecule has 0 atom stereocenters. The Hall–Kier alpha value is -2.15. The molecule has 0 aliphatic heterocycles. The number of hydrogen-bond donors (Lipinski definition) is 2. The fourth-order valence-corrected chi connectivity index (χ4v) is 2.02. The maximum atomic E-state index is 12.3. The lowest BCUT2D eigenvalue weighted by Gasteiger charge is -2.19. The van der Waals surface area contributed by atoms with Crippen LogP contribution in [0.5, 0.6) is 0 Å². The fourth-order valence-electron chi connectivity index (χ4n) is 1.79. The predicted octanol–water partition coefficient (Wildman–Crippen LogP) is 0.700. The van der Waals surface area contributed by atoms with E-state index in [0.29, 0.717) is 12.1 Å². The maximum Gasteiger partial charge on any atom is 0.323 e. The van der Waals surface area contributed by atoms with Gasteiger partial charge in [-0.2, -0.15) is 0 Å². The van der Waals surface area contributed by atoms with Gasteiger partial charge in [-0.15, -0.1) is 0 Å². The van der Waals surface area contributed by atoms with E-state index in [4.69, 9.17) is 22.4 Å². The van der Waals surface area contributed by atoms with E-state index in [-0.39, 0.29) is 10.7 Å². The number of carbonyl (C=O) groups excluding carboxylic acids is 2. The number of nitrogens with two attached hydrogens (primary N) is 1. The summed E-state index contributed by atoms with van der Waals surface area (Å²) in [4.78, 5) is 39.0. The molecule has 0 saturated carbocycles. The topological polar surface area (TPSA) is 114 Å². The Bertz CT molecular complexity index is 546. The minimum Gasteiger partial charge on any atom is -0.480 e. The van der Waals surface area contributed by atoms with Gasteiger partial charge in [0.25, 0.3) is 5.91 Å². The van der Waals surface area contributed by atoms with Crippen LogP contribution in [0.4, 0.5) is 0 Å². The second-order valence-corrected chi connectivity index (χ2v) is 4.83. The van der Waals surface area contributed by atoms with Gasteiger partial charge in [0.1, 0.15) is 18.2 Å². The molecule has 21 heavy (non-hydrogen) atoms. The number of aromatic nitrogens is 1. The molecule has 0 fully saturated rings. The highest BCUT2D eigenvalue weighted by atomic mass is 35.5. The number of primary amides is 1. The molecule has 2 amide bonds. The summed E-state index contributed by atoms with van der Waals surface area (Å²) in [5.41, 5.74) is 5.84. The number of pyridine rings is 1. The number of nitrogens with zero attached hydrogens (tertiary/aromatic N) is 2. The van der Waals surface area contributed by atoms with E-state index in [9.17, 15) is 14.4 Å². The summed E-state index contributed by atoms with van der Waals surface area (Å²) >= 11 is 5.86. The zero-order chi connectivity index (χ0) is 16.0. The molecule has 0 aliphatic carbocycles. The number of carbonyl (C=O) groups is 3.